The Hall–Kier alpha value is 0.830. The first-order chi connectivity index (χ1) is 0. The third-order valence-corrected chi connectivity index (χ3v) is 0. The molecule has 0 aromatic heterocycles. The smallest absolute Gasteiger partial charge is 0 e. The van der Waals surface area contributed by atoms with Gasteiger partial charge in [0.15, 0.2) is 0 Å². The Morgan fingerprint density at radius 2 is 0.429 bits per heavy atom. The summed E-state index contributed by atoms with van der Waals surface area (Å²) in [6.45, 7) is 0. The van der Waals surface area contributed by atoms with E-state index in [2.05, 4.69) is 0 Å². The summed E-state index contributed by atoms with van der Waals surface area (Å²) in [5.74, 6) is 0. The van der Waals surface area contributed by atoms with E-state index in [0.29, 0.717) is 0 Å². The fourth-order valence-corrected chi connectivity index (χ4v) is 0. The van der Waals surface area contributed by atoms with Crippen molar-refractivity contribution in [1.29, 1.82) is 0 Å². The molecule has 0 saturated carbocycles. The maximum atomic E-state index is 0. The zero-order valence-electron chi connectivity index (χ0n) is 3.36. The second-order valence-corrected chi connectivity index (χ2v) is 0. The Morgan fingerprint density at radius 1 is 0.429 bits per heavy atom. The zero-order chi connectivity index (χ0) is 0. The summed E-state index contributed by atoms with van der Waals surface area (Å²) in [6.07, 6.45) is 0. The molecule has 0 fully saturated rings. The molecule has 0 saturated heterocycles. The van der Waals surface area contributed by atoms with Gasteiger partial charge in [0.05, 0.1) is 0 Å². The molecule has 0 aromatic rings. The van der Waals surface area contributed by atoms with Gasteiger partial charge in [-0.15, -0.1) is 12.4 Å². The zero-order valence-corrected chi connectivity index (χ0v) is 6.37. The standard InChI is InChI=1S/ClH.Nb.5H2O/h1H;;5*1H2. The quantitative estimate of drug-likeness (QED) is 0.367. The second kappa shape index (κ2) is 337. The largest absolute Gasteiger partial charge is 0.412 e. The SMILES string of the molecule is Cl.O.O.O.O.O.[Nb]. The van der Waals surface area contributed by atoms with Gasteiger partial charge in [-0.05, 0) is 0 Å². The number of hydrogen-bond acceptors (Lipinski definition) is 0. The fraction of sp³-hybridized carbons (Fsp3) is 0. The first-order valence-electron chi connectivity index (χ1n) is 0. The summed E-state index contributed by atoms with van der Waals surface area (Å²) in [5, 5.41) is 0. The van der Waals surface area contributed by atoms with Gasteiger partial charge in [-0.3, -0.25) is 0 Å². The molecule has 0 amide bonds. The molecule has 0 heterocycles. The predicted octanol–water partition coefficient (Wildman–Crippen LogP) is -3.70. The van der Waals surface area contributed by atoms with Crippen molar-refractivity contribution in [2.75, 3.05) is 0 Å². The summed E-state index contributed by atoms with van der Waals surface area (Å²) < 4.78 is 0. The van der Waals surface area contributed by atoms with Crippen LogP contribution in [0.1, 0.15) is 0 Å². The molecular weight excluding hydrogens is 208 g/mol. The van der Waals surface area contributed by atoms with Crippen molar-refractivity contribution in [2.24, 2.45) is 0 Å². The Kier molecular flexibility index (Phi) is 25500. The van der Waals surface area contributed by atoms with Crippen LogP contribution in [0, 0.1) is 0 Å². The molecule has 0 spiro atoms. The molecule has 0 unspecified atom stereocenters. The number of rotatable bonds is 0. The van der Waals surface area contributed by atoms with E-state index in [1.807, 2.05) is 0 Å². The van der Waals surface area contributed by atoms with Gasteiger partial charge >= 0.3 is 0 Å². The molecule has 0 aliphatic rings. The van der Waals surface area contributed by atoms with Crippen LogP contribution in [0.25, 0.3) is 0 Å². The minimum Gasteiger partial charge on any atom is -0.412 e. The molecule has 53 valence electrons. The Balaban J connectivity index is 0. The summed E-state index contributed by atoms with van der Waals surface area (Å²) in [6, 6.07) is 0. The van der Waals surface area contributed by atoms with Crippen LogP contribution in [0.15, 0.2) is 0 Å². The topological polar surface area (TPSA) is 158 Å². The van der Waals surface area contributed by atoms with Crippen molar-refractivity contribution in [2.45, 2.75) is 0 Å². The Morgan fingerprint density at radius 3 is 0.429 bits per heavy atom. The molecule has 7 heavy (non-hydrogen) atoms. The predicted molar refractivity (Wildman–Crippen MR) is 25.3 cm³/mol. The molecule has 0 aliphatic heterocycles. The van der Waals surface area contributed by atoms with E-state index in [4.69, 9.17) is 0 Å². The molecule has 0 bridgehead atoms. The van der Waals surface area contributed by atoms with Crippen molar-refractivity contribution in [3.63, 3.8) is 0 Å². The van der Waals surface area contributed by atoms with Gasteiger partial charge in [0.1, 0.15) is 0 Å². The van der Waals surface area contributed by atoms with Crippen LogP contribution in [0.4, 0.5) is 0 Å². The van der Waals surface area contributed by atoms with Crippen molar-refractivity contribution in [3.05, 3.63) is 0 Å². The van der Waals surface area contributed by atoms with E-state index in [1.165, 1.54) is 0 Å². The van der Waals surface area contributed by atoms with Crippen LogP contribution < -0.4 is 0 Å². The minimum atomic E-state index is 0. The average molecular weight is 219 g/mol. The van der Waals surface area contributed by atoms with Crippen LogP contribution >= 0.6 is 12.4 Å². The number of halogens is 1. The van der Waals surface area contributed by atoms with E-state index in [-0.39, 0.29) is 62.2 Å². The Labute approximate surface area is 62.6 Å². The maximum absolute atomic E-state index is 0. The molecule has 0 aliphatic carbocycles. The van der Waals surface area contributed by atoms with Crippen LogP contribution in [-0.2, 0) is 22.4 Å². The van der Waals surface area contributed by atoms with E-state index in [1.54, 1.807) is 0 Å². The third-order valence-electron chi connectivity index (χ3n) is 0. The van der Waals surface area contributed by atoms with Gasteiger partial charge in [-0.25, -0.2) is 0 Å². The van der Waals surface area contributed by atoms with Crippen LogP contribution in [0.3, 0.4) is 0 Å². The first-order valence-corrected chi connectivity index (χ1v) is 0. The normalized spacial score (nSPS) is 0. The van der Waals surface area contributed by atoms with Gasteiger partial charge < -0.3 is 27.4 Å². The second-order valence-electron chi connectivity index (χ2n) is 0. The molecule has 0 aromatic carbocycles. The van der Waals surface area contributed by atoms with E-state index in [0.717, 1.165) is 0 Å². The molecule has 1 radical (unpaired) electrons. The van der Waals surface area contributed by atoms with Crippen LogP contribution in [0.5, 0.6) is 0 Å². The van der Waals surface area contributed by atoms with E-state index < -0.39 is 0 Å². The maximum Gasteiger partial charge on any atom is 0 e. The van der Waals surface area contributed by atoms with Crippen LogP contribution in [0.2, 0.25) is 0 Å². The molecule has 0 atom stereocenters. The average Bonchev–Trinajstić information content (AvgIpc) is 0. The molecule has 7 heteroatoms. The van der Waals surface area contributed by atoms with Gasteiger partial charge in [0, 0.05) is 22.4 Å². The number of hydrogen-bond donors (Lipinski definition) is 0. The van der Waals surface area contributed by atoms with Gasteiger partial charge in [-0.2, -0.15) is 0 Å². The summed E-state index contributed by atoms with van der Waals surface area (Å²) in [7, 11) is 0. The van der Waals surface area contributed by atoms with Crippen molar-refractivity contribution in [1.82, 2.24) is 0 Å². The van der Waals surface area contributed by atoms with Crippen molar-refractivity contribution >= 4 is 12.4 Å². The van der Waals surface area contributed by atoms with E-state index >= 15 is 0 Å². The minimum absolute atomic E-state index is 0. The third kappa shape index (κ3) is 231. The van der Waals surface area contributed by atoms with Crippen molar-refractivity contribution < 1.29 is 49.8 Å². The van der Waals surface area contributed by atoms with Gasteiger partial charge in [-0.1, -0.05) is 0 Å². The monoisotopic (exact) mass is 219 g/mol. The van der Waals surface area contributed by atoms with E-state index in [9.17, 15) is 0 Å². The molecular formula is H11ClNbO5. The van der Waals surface area contributed by atoms with Crippen molar-refractivity contribution in [3.8, 4) is 0 Å². The summed E-state index contributed by atoms with van der Waals surface area (Å²) >= 11 is 0. The summed E-state index contributed by atoms with van der Waals surface area (Å²) in [4.78, 5) is 0. The van der Waals surface area contributed by atoms with Gasteiger partial charge in [0.25, 0.3) is 0 Å². The fourth-order valence-electron chi connectivity index (χ4n) is 0. The molecule has 0 rings (SSSR count). The Bertz CT molecular complexity index is 8.04. The molecule has 5 nitrogen and oxygen atoms in total. The van der Waals surface area contributed by atoms with Crippen LogP contribution in [-0.4, -0.2) is 27.4 Å². The first kappa shape index (κ1) is 530. The molecule has 10 N–H and O–H groups in total. The van der Waals surface area contributed by atoms with Gasteiger partial charge in [0.2, 0.25) is 0 Å². The summed E-state index contributed by atoms with van der Waals surface area (Å²) in [5.41, 5.74) is 0.